The third-order valence-corrected chi connectivity index (χ3v) is 1.99. The first-order valence-electron chi connectivity index (χ1n) is 5.12. The highest BCUT2D eigenvalue weighted by molar-refractivity contribution is 4.98. The molecule has 1 aromatic rings. The summed E-state index contributed by atoms with van der Waals surface area (Å²) in [6.45, 7) is 8.27. The van der Waals surface area contributed by atoms with Gasteiger partial charge in [0.15, 0.2) is 0 Å². The van der Waals surface area contributed by atoms with Crippen molar-refractivity contribution in [2.75, 3.05) is 13.1 Å². The molecule has 0 radical (unpaired) electrons. The van der Waals surface area contributed by atoms with E-state index in [4.69, 9.17) is 0 Å². The Hall–Kier alpha value is -1.42. The van der Waals surface area contributed by atoms with Crippen molar-refractivity contribution in [3.8, 4) is 0 Å². The second kappa shape index (κ2) is 6.14. The number of nitrogens with zero attached hydrogens (tertiary/aromatic N) is 2. The fourth-order valence-corrected chi connectivity index (χ4v) is 1.24. The quantitative estimate of drug-likeness (QED) is 0.554. The molecule has 4 nitrogen and oxygen atoms in total. The van der Waals surface area contributed by atoms with Gasteiger partial charge in [0, 0.05) is 25.4 Å². The first kappa shape index (κ1) is 11.7. The lowest BCUT2D eigenvalue weighted by Gasteiger charge is -2.08. The molecule has 0 bridgehead atoms. The molecule has 0 fully saturated rings. The number of hydrogen-bond donors (Lipinski definition) is 1. The zero-order valence-electron chi connectivity index (χ0n) is 9.07. The number of nitrogens with one attached hydrogen (secondary N) is 1. The van der Waals surface area contributed by atoms with E-state index in [9.17, 15) is 4.79 Å². The summed E-state index contributed by atoms with van der Waals surface area (Å²) >= 11 is 0. The van der Waals surface area contributed by atoms with Crippen LogP contribution in [0.2, 0.25) is 0 Å². The van der Waals surface area contributed by atoms with Crippen molar-refractivity contribution in [1.82, 2.24) is 14.9 Å². The number of aromatic nitrogens is 2. The van der Waals surface area contributed by atoms with E-state index in [1.807, 2.05) is 0 Å². The average Bonchev–Trinajstić information content (AvgIpc) is 2.22. The molecular formula is C11H17N3O. The molecule has 1 aromatic heterocycles. The van der Waals surface area contributed by atoms with Crippen molar-refractivity contribution in [3.63, 3.8) is 0 Å². The van der Waals surface area contributed by atoms with Gasteiger partial charge in [-0.15, -0.1) is 0 Å². The minimum absolute atomic E-state index is 0.0401. The molecule has 1 rings (SSSR count). The molecule has 15 heavy (non-hydrogen) atoms. The van der Waals surface area contributed by atoms with Crippen LogP contribution in [-0.4, -0.2) is 22.6 Å². The zero-order chi connectivity index (χ0) is 11.1. The molecule has 1 N–H and O–H groups in total. The highest BCUT2D eigenvalue weighted by atomic mass is 16.1. The van der Waals surface area contributed by atoms with Gasteiger partial charge < -0.3 is 5.32 Å². The summed E-state index contributed by atoms with van der Waals surface area (Å²) in [5, 5.41) is 3.24. The Morgan fingerprint density at radius 2 is 2.47 bits per heavy atom. The van der Waals surface area contributed by atoms with Crippen LogP contribution in [0.15, 0.2) is 35.5 Å². The summed E-state index contributed by atoms with van der Waals surface area (Å²) in [5.74, 6) is 0. The van der Waals surface area contributed by atoms with Crippen LogP contribution in [0.1, 0.15) is 13.3 Å². The van der Waals surface area contributed by atoms with E-state index in [1.165, 1.54) is 18.6 Å². The van der Waals surface area contributed by atoms with E-state index >= 15 is 0 Å². The first-order chi connectivity index (χ1) is 7.24. The van der Waals surface area contributed by atoms with Crippen molar-refractivity contribution in [3.05, 3.63) is 41.1 Å². The van der Waals surface area contributed by atoms with E-state index in [0.29, 0.717) is 6.54 Å². The van der Waals surface area contributed by atoms with Gasteiger partial charge in [0.2, 0.25) is 0 Å². The van der Waals surface area contributed by atoms with E-state index < -0.39 is 0 Å². The predicted octanol–water partition coefficient (Wildman–Crippen LogP) is 0.799. The summed E-state index contributed by atoms with van der Waals surface area (Å²) in [4.78, 5) is 15.2. The minimum Gasteiger partial charge on any atom is -0.313 e. The average molecular weight is 207 g/mol. The summed E-state index contributed by atoms with van der Waals surface area (Å²) in [7, 11) is 0. The number of hydrogen-bond acceptors (Lipinski definition) is 3. The normalized spacial score (nSPS) is 10.2. The van der Waals surface area contributed by atoms with E-state index in [2.05, 4.69) is 23.8 Å². The second-order valence-corrected chi connectivity index (χ2v) is 3.47. The summed E-state index contributed by atoms with van der Waals surface area (Å²) in [6, 6.07) is 1.45. The fourth-order valence-electron chi connectivity index (χ4n) is 1.24. The second-order valence-electron chi connectivity index (χ2n) is 3.47. The van der Waals surface area contributed by atoms with Gasteiger partial charge in [0.25, 0.3) is 5.56 Å². The summed E-state index contributed by atoms with van der Waals surface area (Å²) < 4.78 is 1.55. The maximum Gasteiger partial charge on any atom is 0.253 e. The van der Waals surface area contributed by atoms with Gasteiger partial charge in [-0.3, -0.25) is 9.36 Å². The lowest BCUT2D eigenvalue weighted by molar-refractivity contribution is 0.657. The number of rotatable bonds is 6. The zero-order valence-corrected chi connectivity index (χ0v) is 9.07. The molecular weight excluding hydrogens is 190 g/mol. The Kier molecular flexibility index (Phi) is 4.77. The molecule has 0 aliphatic carbocycles. The third kappa shape index (κ3) is 4.08. The maximum absolute atomic E-state index is 11.3. The maximum atomic E-state index is 11.3. The molecule has 0 aliphatic heterocycles. The molecule has 82 valence electrons. The summed E-state index contributed by atoms with van der Waals surface area (Å²) in [5.41, 5.74) is 0.945. The van der Waals surface area contributed by atoms with Gasteiger partial charge in [0.1, 0.15) is 0 Å². The van der Waals surface area contributed by atoms with Crippen LogP contribution in [0, 0.1) is 0 Å². The Morgan fingerprint density at radius 1 is 1.67 bits per heavy atom. The Morgan fingerprint density at radius 3 is 3.13 bits per heavy atom. The highest BCUT2D eigenvalue weighted by Gasteiger charge is 1.97. The standard InChI is InChI=1S/C11H17N3O/c1-3-5-12-7-10(2)8-14-9-13-6-4-11(14)15/h4,6,9,12H,2-3,5,7-8H2,1H3. The minimum atomic E-state index is -0.0401. The summed E-state index contributed by atoms with van der Waals surface area (Å²) in [6.07, 6.45) is 4.13. The van der Waals surface area contributed by atoms with Crippen LogP contribution >= 0.6 is 0 Å². The molecule has 0 spiro atoms. The van der Waals surface area contributed by atoms with Crippen LogP contribution in [0.5, 0.6) is 0 Å². The van der Waals surface area contributed by atoms with Crippen molar-refractivity contribution < 1.29 is 0 Å². The molecule has 0 aromatic carbocycles. The van der Waals surface area contributed by atoms with Gasteiger partial charge in [-0.2, -0.15) is 0 Å². The van der Waals surface area contributed by atoms with E-state index in [1.54, 1.807) is 4.57 Å². The molecule has 0 aliphatic rings. The van der Waals surface area contributed by atoms with Crippen LogP contribution in [0.3, 0.4) is 0 Å². The highest BCUT2D eigenvalue weighted by Crippen LogP contribution is 1.91. The third-order valence-electron chi connectivity index (χ3n) is 1.99. The lowest BCUT2D eigenvalue weighted by Crippen LogP contribution is -2.24. The molecule has 4 heteroatoms. The largest absolute Gasteiger partial charge is 0.313 e. The van der Waals surface area contributed by atoms with Gasteiger partial charge in [-0.25, -0.2) is 4.98 Å². The van der Waals surface area contributed by atoms with Gasteiger partial charge in [-0.05, 0) is 18.5 Å². The monoisotopic (exact) mass is 207 g/mol. The van der Waals surface area contributed by atoms with Crippen molar-refractivity contribution >= 4 is 0 Å². The van der Waals surface area contributed by atoms with Crippen LogP contribution < -0.4 is 10.9 Å². The topological polar surface area (TPSA) is 46.9 Å². The van der Waals surface area contributed by atoms with Crippen molar-refractivity contribution in [1.29, 1.82) is 0 Å². The molecule has 0 saturated carbocycles. The predicted molar refractivity (Wildman–Crippen MR) is 60.8 cm³/mol. The van der Waals surface area contributed by atoms with E-state index in [-0.39, 0.29) is 5.56 Å². The van der Waals surface area contributed by atoms with Crippen LogP contribution in [0.25, 0.3) is 0 Å². The van der Waals surface area contributed by atoms with Crippen molar-refractivity contribution in [2.45, 2.75) is 19.9 Å². The fraction of sp³-hybridized carbons (Fsp3) is 0.455. The van der Waals surface area contributed by atoms with Gasteiger partial charge in [0.05, 0.1) is 6.33 Å². The Bertz CT molecular complexity index is 370. The molecule has 1 heterocycles. The molecule has 0 saturated heterocycles. The molecule has 0 unspecified atom stereocenters. The van der Waals surface area contributed by atoms with E-state index in [0.717, 1.165) is 25.1 Å². The Balaban J connectivity index is 2.45. The van der Waals surface area contributed by atoms with Crippen molar-refractivity contribution in [2.24, 2.45) is 0 Å². The lowest BCUT2D eigenvalue weighted by atomic mass is 10.3. The Labute approximate surface area is 89.7 Å². The molecule has 0 atom stereocenters. The SMILES string of the molecule is C=C(CNCCC)Cn1cnccc1=O. The van der Waals surface area contributed by atoms with Crippen LogP contribution in [0.4, 0.5) is 0 Å². The molecule has 0 amide bonds. The first-order valence-corrected chi connectivity index (χ1v) is 5.12. The van der Waals surface area contributed by atoms with Gasteiger partial charge >= 0.3 is 0 Å². The van der Waals surface area contributed by atoms with Gasteiger partial charge in [-0.1, -0.05) is 13.5 Å². The van der Waals surface area contributed by atoms with Crippen LogP contribution in [-0.2, 0) is 6.54 Å². The smallest absolute Gasteiger partial charge is 0.253 e.